The summed E-state index contributed by atoms with van der Waals surface area (Å²) in [4.78, 5) is -0.0424. The van der Waals surface area contributed by atoms with E-state index in [1.807, 2.05) is 0 Å². The van der Waals surface area contributed by atoms with Crippen LogP contribution in [0.1, 0.15) is 5.56 Å². The summed E-state index contributed by atoms with van der Waals surface area (Å²) in [5, 5.41) is 0. The highest BCUT2D eigenvalue weighted by atomic mass is 32.2. The standard InChI is InChI=1S/C17H18F3NO5S/c1-24-15-7-6-14(11-16(15)25-2)27(22,23)21-8-9-26-13-5-3-4-12(10-13)17(18,19)20/h3-7,10-11,21H,8-9H2,1-2H3. The minimum Gasteiger partial charge on any atom is -0.493 e. The molecule has 2 rings (SSSR count). The van der Waals surface area contributed by atoms with E-state index in [0.717, 1.165) is 12.1 Å². The number of methoxy groups -OCH3 is 2. The lowest BCUT2D eigenvalue weighted by molar-refractivity contribution is -0.137. The van der Waals surface area contributed by atoms with Crippen LogP contribution in [0.2, 0.25) is 0 Å². The third-order valence-electron chi connectivity index (χ3n) is 3.49. The Labute approximate surface area is 154 Å². The summed E-state index contributed by atoms with van der Waals surface area (Å²) < 4.78 is 80.1. The summed E-state index contributed by atoms with van der Waals surface area (Å²) in [5.41, 5.74) is -0.842. The SMILES string of the molecule is COc1ccc(S(=O)(=O)NCCOc2cccc(C(F)(F)F)c2)cc1OC. The first-order valence-corrected chi connectivity index (χ1v) is 9.17. The van der Waals surface area contributed by atoms with Gasteiger partial charge in [0, 0.05) is 12.6 Å². The van der Waals surface area contributed by atoms with Crippen LogP contribution in [0.25, 0.3) is 0 Å². The molecule has 0 aromatic heterocycles. The van der Waals surface area contributed by atoms with Crippen LogP contribution in [0.3, 0.4) is 0 Å². The van der Waals surface area contributed by atoms with Gasteiger partial charge in [-0.2, -0.15) is 13.2 Å². The van der Waals surface area contributed by atoms with Gasteiger partial charge in [0.05, 0.1) is 24.7 Å². The average molecular weight is 405 g/mol. The van der Waals surface area contributed by atoms with Gasteiger partial charge in [0.2, 0.25) is 10.0 Å². The number of benzene rings is 2. The van der Waals surface area contributed by atoms with Crippen molar-refractivity contribution in [1.82, 2.24) is 4.72 Å². The van der Waals surface area contributed by atoms with Gasteiger partial charge in [0.1, 0.15) is 12.4 Å². The van der Waals surface area contributed by atoms with Crippen molar-refractivity contribution in [3.8, 4) is 17.2 Å². The van der Waals surface area contributed by atoms with Crippen LogP contribution in [0.15, 0.2) is 47.4 Å². The van der Waals surface area contributed by atoms with Gasteiger partial charge in [0.15, 0.2) is 11.5 Å². The molecule has 0 aliphatic heterocycles. The second-order valence-corrected chi connectivity index (χ2v) is 7.06. The van der Waals surface area contributed by atoms with E-state index in [1.54, 1.807) is 0 Å². The molecule has 0 fully saturated rings. The molecular weight excluding hydrogens is 387 g/mol. The van der Waals surface area contributed by atoms with E-state index in [9.17, 15) is 21.6 Å². The summed E-state index contributed by atoms with van der Waals surface area (Å²) in [5.74, 6) is 0.625. The molecule has 0 unspecified atom stereocenters. The van der Waals surface area contributed by atoms with E-state index in [1.165, 1.54) is 44.6 Å². The first-order chi connectivity index (χ1) is 12.7. The third-order valence-corrected chi connectivity index (χ3v) is 4.95. The topological polar surface area (TPSA) is 73.9 Å². The first kappa shape index (κ1) is 20.8. The maximum atomic E-state index is 12.6. The lowest BCUT2D eigenvalue weighted by Crippen LogP contribution is -2.28. The zero-order chi connectivity index (χ0) is 20.1. The molecule has 1 N–H and O–H groups in total. The predicted octanol–water partition coefficient (Wildman–Crippen LogP) is 3.08. The Morgan fingerprint density at radius 2 is 1.70 bits per heavy atom. The Hall–Kier alpha value is -2.46. The Morgan fingerprint density at radius 1 is 1.00 bits per heavy atom. The zero-order valence-electron chi connectivity index (χ0n) is 14.5. The number of ether oxygens (including phenoxy) is 3. The van der Waals surface area contributed by atoms with E-state index < -0.39 is 21.8 Å². The fraction of sp³-hybridized carbons (Fsp3) is 0.294. The maximum absolute atomic E-state index is 12.6. The lowest BCUT2D eigenvalue weighted by atomic mass is 10.2. The van der Waals surface area contributed by atoms with Crippen LogP contribution < -0.4 is 18.9 Å². The number of nitrogens with one attached hydrogen (secondary N) is 1. The molecule has 2 aromatic rings. The molecule has 0 amide bonds. The zero-order valence-corrected chi connectivity index (χ0v) is 15.4. The smallest absolute Gasteiger partial charge is 0.416 e. The van der Waals surface area contributed by atoms with Gasteiger partial charge in [-0.25, -0.2) is 13.1 Å². The second-order valence-electron chi connectivity index (χ2n) is 5.29. The summed E-state index contributed by atoms with van der Waals surface area (Å²) in [6, 6.07) is 8.44. The van der Waals surface area contributed by atoms with Gasteiger partial charge in [-0.1, -0.05) is 6.07 Å². The van der Waals surface area contributed by atoms with Gasteiger partial charge >= 0.3 is 6.18 Å². The van der Waals surface area contributed by atoms with Gasteiger partial charge < -0.3 is 14.2 Å². The molecule has 10 heteroatoms. The van der Waals surface area contributed by atoms with Gasteiger partial charge in [0.25, 0.3) is 0 Å². The summed E-state index contributed by atoms with van der Waals surface area (Å²) in [6.45, 7) is -0.277. The minimum atomic E-state index is -4.48. The number of sulfonamides is 1. The van der Waals surface area contributed by atoms with Crippen LogP contribution in [0, 0.1) is 0 Å². The largest absolute Gasteiger partial charge is 0.493 e. The molecule has 0 radical (unpaired) electrons. The van der Waals surface area contributed by atoms with Crippen LogP contribution in [0.4, 0.5) is 13.2 Å². The third kappa shape index (κ3) is 5.51. The number of hydrogen-bond acceptors (Lipinski definition) is 5. The molecule has 0 saturated carbocycles. The molecule has 6 nitrogen and oxygen atoms in total. The molecule has 0 atom stereocenters. The highest BCUT2D eigenvalue weighted by Crippen LogP contribution is 2.31. The summed E-state index contributed by atoms with van der Waals surface area (Å²) in [7, 11) is -1.04. The molecule has 0 spiro atoms. The molecule has 2 aromatic carbocycles. The van der Waals surface area contributed by atoms with E-state index in [4.69, 9.17) is 14.2 Å². The summed E-state index contributed by atoms with van der Waals surface area (Å²) >= 11 is 0. The quantitative estimate of drug-likeness (QED) is 0.684. The number of halogens is 3. The Morgan fingerprint density at radius 3 is 2.33 bits per heavy atom. The van der Waals surface area contributed by atoms with Crippen molar-refractivity contribution >= 4 is 10.0 Å². The van der Waals surface area contributed by atoms with Gasteiger partial charge in [-0.15, -0.1) is 0 Å². The van der Waals surface area contributed by atoms with Gasteiger partial charge in [-0.3, -0.25) is 0 Å². The molecular formula is C17H18F3NO5S. The fourth-order valence-electron chi connectivity index (χ4n) is 2.17. The van der Waals surface area contributed by atoms with E-state index in [2.05, 4.69) is 4.72 Å². The van der Waals surface area contributed by atoms with Crippen molar-refractivity contribution in [2.45, 2.75) is 11.1 Å². The highest BCUT2D eigenvalue weighted by Gasteiger charge is 2.30. The number of hydrogen-bond donors (Lipinski definition) is 1. The number of alkyl halides is 3. The minimum absolute atomic E-state index is 0.00450. The van der Waals surface area contributed by atoms with E-state index in [-0.39, 0.29) is 29.5 Å². The maximum Gasteiger partial charge on any atom is 0.416 e. The van der Waals surface area contributed by atoms with Gasteiger partial charge in [-0.05, 0) is 30.3 Å². The highest BCUT2D eigenvalue weighted by molar-refractivity contribution is 7.89. The lowest BCUT2D eigenvalue weighted by Gasteiger charge is -2.12. The molecule has 0 aliphatic carbocycles. The van der Waals surface area contributed by atoms with Crippen LogP contribution in [0.5, 0.6) is 17.2 Å². The van der Waals surface area contributed by atoms with Crippen molar-refractivity contribution in [2.24, 2.45) is 0 Å². The predicted molar refractivity (Wildman–Crippen MR) is 91.7 cm³/mol. The molecule has 27 heavy (non-hydrogen) atoms. The van der Waals surface area contributed by atoms with Crippen LogP contribution in [-0.4, -0.2) is 35.8 Å². The molecule has 0 saturated heterocycles. The monoisotopic (exact) mass is 405 g/mol. The Kier molecular flexibility index (Phi) is 6.55. The van der Waals surface area contributed by atoms with Crippen LogP contribution in [-0.2, 0) is 16.2 Å². The van der Waals surface area contributed by atoms with Crippen LogP contribution >= 0.6 is 0 Å². The average Bonchev–Trinajstić information content (AvgIpc) is 2.64. The van der Waals surface area contributed by atoms with Crippen molar-refractivity contribution in [2.75, 3.05) is 27.4 Å². The van der Waals surface area contributed by atoms with E-state index in [0.29, 0.717) is 5.75 Å². The van der Waals surface area contributed by atoms with Crippen molar-refractivity contribution in [3.05, 3.63) is 48.0 Å². The number of rotatable bonds is 8. The van der Waals surface area contributed by atoms with Crippen molar-refractivity contribution in [3.63, 3.8) is 0 Å². The van der Waals surface area contributed by atoms with Crippen molar-refractivity contribution in [1.29, 1.82) is 0 Å². The Bertz CT molecular complexity index is 884. The Balaban J connectivity index is 1.97. The second kappa shape index (κ2) is 8.49. The first-order valence-electron chi connectivity index (χ1n) is 7.69. The molecule has 148 valence electrons. The van der Waals surface area contributed by atoms with E-state index >= 15 is 0 Å². The molecule has 0 bridgehead atoms. The molecule has 0 aliphatic rings. The summed E-state index contributed by atoms with van der Waals surface area (Å²) in [6.07, 6.45) is -4.48. The molecule has 0 heterocycles. The van der Waals surface area contributed by atoms with Crippen molar-refractivity contribution < 1.29 is 35.8 Å². The normalized spacial score (nSPS) is 11.9. The fourth-order valence-corrected chi connectivity index (χ4v) is 3.20.